The molecule has 0 heterocycles. The molecule has 60 valence electrons. The molecule has 3 nitrogen and oxygen atoms in total. The molecule has 0 fully saturated rings. The SMILES string of the molecule is CNCC(=O)NCC(F)F. The van der Waals surface area contributed by atoms with Crippen LogP contribution in [0.15, 0.2) is 0 Å². The molecular weight excluding hydrogens is 142 g/mol. The van der Waals surface area contributed by atoms with Crippen molar-refractivity contribution in [1.29, 1.82) is 0 Å². The lowest BCUT2D eigenvalue weighted by atomic mass is 10.5. The predicted molar refractivity (Wildman–Crippen MR) is 32.9 cm³/mol. The number of nitrogens with one attached hydrogen (secondary N) is 2. The molecule has 0 atom stereocenters. The summed E-state index contributed by atoms with van der Waals surface area (Å²) in [4.78, 5) is 10.4. The average molecular weight is 152 g/mol. The molecule has 1 amide bonds. The van der Waals surface area contributed by atoms with Gasteiger partial charge in [-0.3, -0.25) is 4.79 Å². The standard InChI is InChI=1S/C5H10F2N2O/c1-8-3-5(10)9-2-4(6)7/h4,8H,2-3H2,1H3,(H,9,10). The van der Waals surface area contributed by atoms with Crippen LogP contribution in [0, 0.1) is 0 Å². The van der Waals surface area contributed by atoms with Crippen molar-refractivity contribution in [3.63, 3.8) is 0 Å². The Kier molecular flexibility index (Phi) is 4.74. The summed E-state index contributed by atoms with van der Waals surface area (Å²) in [6, 6.07) is 0. The van der Waals surface area contributed by atoms with Crippen LogP contribution < -0.4 is 10.6 Å². The van der Waals surface area contributed by atoms with Gasteiger partial charge in [-0.25, -0.2) is 8.78 Å². The lowest BCUT2D eigenvalue weighted by molar-refractivity contribution is -0.120. The normalized spacial score (nSPS) is 10.0. The summed E-state index contributed by atoms with van der Waals surface area (Å²) in [7, 11) is 1.57. The molecule has 0 saturated heterocycles. The van der Waals surface area contributed by atoms with Crippen LogP contribution in [-0.4, -0.2) is 32.5 Å². The van der Waals surface area contributed by atoms with Crippen LogP contribution in [0.3, 0.4) is 0 Å². The van der Waals surface area contributed by atoms with Gasteiger partial charge < -0.3 is 10.6 Å². The van der Waals surface area contributed by atoms with E-state index in [-0.39, 0.29) is 6.54 Å². The van der Waals surface area contributed by atoms with E-state index in [2.05, 4.69) is 5.32 Å². The minimum Gasteiger partial charge on any atom is -0.349 e. The molecule has 0 saturated carbocycles. The Hall–Kier alpha value is -0.710. The topological polar surface area (TPSA) is 41.1 Å². The first-order valence-corrected chi connectivity index (χ1v) is 2.86. The number of carbonyl (C=O) groups is 1. The Balaban J connectivity index is 3.22. The van der Waals surface area contributed by atoms with E-state index in [1.54, 1.807) is 7.05 Å². The molecule has 5 heteroatoms. The molecule has 0 radical (unpaired) electrons. The maximum absolute atomic E-state index is 11.4. The molecule has 0 bridgehead atoms. The monoisotopic (exact) mass is 152 g/mol. The Bertz CT molecular complexity index is 108. The molecule has 0 aliphatic rings. The number of amides is 1. The van der Waals surface area contributed by atoms with Gasteiger partial charge in [0, 0.05) is 0 Å². The highest BCUT2D eigenvalue weighted by Crippen LogP contribution is 1.86. The quantitative estimate of drug-likeness (QED) is 0.574. The second kappa shape index (κ2) is 5.10. The van der Waals surface area contributed by atoms with E-state index in [0.717, 1.165) is 0 Å². The van der Waals surface area contributed by atoms with E-state index in [9.17, 15) is 13.6 Å². The highest BCUT2D eigenvalue weighted by atomic mass is 19.3. The van der Waals surface area contributed by atoms with Gasteiger partial charge in [-0.15, -0.1) is 0 Å². The number of alkyl halides is 2. The fraction of sp³-hybridized carbons (Fsp3) is 0.800. The van der Waals surface area contributed by atoms with Crippen molar-refractivity contribution >= 4 is 5.91 Å². The van der Waals surface area contributed by atoms with Gasteiger partial charge in [0.2, 0.25) is 5.91 Å². The summed E-state index contributed by atoms with van der Waals surface area (Å²) in [5.74, 6) is -0.414. The van der Waals surface area contributed by atoms with Gasteiger partial charge in [0.05, 0.1) is 13.1 Å². The molecule has 0 aromatic heterocycles. The zero-order valence-corrected chi connectivity index (χ0v) is 5.66. The Morgan fingerprint density at radius 2 is 2.20 bits per heavy atom. The minimum absolute atomic E-state index is 0.0761. The molecule has 0 aromatic rings. The number of rotatable bonds is 4. The van der Waals surface area contributed by atoms with Crippen LogP contribution >= 0.6 is 0 Å². The van der Waals surface area contributed by atoms with E-state index < -0.39 is 18.9 Å². The lowest BCUT2D eigenvalue weighted by Gasteiger charge is -2.01. The maximum Gasteiger partial charge on any atom is 0.255 e. The molecular formula is C5H10F2N2O. The smallest absolute Gasteiger partial charge is 0.255 e. The van der Waals surface area contributed by atoms with Gasteiger partial charge in [-0.05, 0) is 7.05 Å². The van der Waals surface area contributed by atoms with Gasteiger partial charge in [0.1, 0.15) is 0 Å². The van der Waals surface area contributed by atoms with Gasteiger partial charge in [0.25, 0.3) is 6.43 Å². The lowest BCUT2D eigenvalue weighted by Crippen LogP contribution is -2.35. The fourth-order valence-corrected chi connectivity index (χ4v) is 0.414. The van der Waals surface area contributed by atoms with E-state index in [0.29, 0.717) is 0 Å². The van der Waals surface area contributed by atoms with Gasteiger partial charge >= 0.3 is 0 Å². The van der Waals surface area contributed by atoms with Gasteiger partial charge in [-0.2, -0.15) is 0 Å². The first-order chi connectivity index (χ1) is 4.66. The summed E-state index contributed by atoms with van der Waals surface area (Å²) in [5.41, 5.74) is 0. The first kappa shape index (κ1) is 9.29. The molecule has 2 N–H and O–H groups in total. The van der Waals surface area contributed by atoms with Gasteiger partial charge in [0.15, 0.2) is 0 Å². The van der Waals surface area contributed by atoms with Crippen molar-refractivity contribution in [2.45, 2.75) is 6.43 Å². The minimum atomic E-state index is -2.47. The molecule has 0 spiro atoms. The van der Waals surface area contributed by atoms with Crippen molar-refractivity contribution in [1.82, 2.24) is 10.6 Å². The molecule has 0 aliphatic carbocycles. The Morgan fingerprint density at radius 1 is 1.60 bits per heavy atom. The van der Waals surface area contributed by atoms with Crippen LogP contribution in [0.25, 0.3) is 0 Å². The molecule has 0 aromatic carbocycles. The largest absolute Gasteiger partial charge is 0.349 e. The van der Waals surface area contributed by atoms with Crippen LogP contribution in [0.2, 0.25) is 0 Å². The molecule has 0 rings (SSSR count). The molecule has 0 aliphatic heterocycles. The highest BCUT2D eigenvalue weighted by molar-refractivity contribution is 5.77. The Morgan fingerprint density at radius 3 is 2.60 bits per heavy atom. The van der Waals surface area contributed by atoms with Crippen LogP contribution in [0.1, 0.15) is 0 Å². The fourth-order valence-electron chi connectivity index (χ4n) is 0.414. The summed E-state index contributed by atoms with van der Waals surface area (Å²) < 4.78 is 22.8. The van der Waals surface area contributed by atoms with Crippen LogP contribution in [-0.2, 0) is 4.79 Å². The number of carbonyl (C=O) groups excluding carboxylic acids is 1. The highest BCUT2D eigenvalue weighted by Gasteiger charge is 2.03. The zero-order valence-electron chi connectivity index (χ0n) is 5.66. The van der Waals surface area contributed by atoms with Gasteiger partial charge in [-0.1, -0.05) is 0 Å². The summed E-state index contributed by atoms with van der Waals surface area (Å²) >= 11 is 0. The van der Waals surface area contributed by atoms with Crippen molar-refractivity contribution in [2.75, 3.05) is 20.1 Å². The third-order valence-electron chi connectivity index (χ3n) is 0.791. The third kappa shape index (κ3) is 5.43. The summed E-state index contributed by atoms with van der Waals surface area (Å²) in [6.07, 6.45) is -2.47. The van der Waals surface area contributed by atoms with Crippen LogP contribution in [0.5, 0.6) is 0 Å². The number of likely N-dealkylation sites (N-methyl/N-ethyl adjacent to an activating group) is 1. The predicted octanol–water partition coefficient (Wildman–Crippen LogP) is -0.413. The average Bonchev–Trinajstić information content (AvgIpc) is 1.85. The molecule has 10 heavy (non-hydrogen) atoms. The summed E-state index contributed by atoms with van der Waals surface area (Å²) in [6.45, 7) is -0.493. The van der Waals surface area contributed by atoms with E-state index >= 15 is 0 Å². The zero-order chi connectivity index (χ0) is 7.98. The van der Waals surface area contributed by atoms with Crippen molar-refractivity contribution in [3.05, 3.63) is 0 Å². The third-order valence-corrected chi connectivity index (χ3v) is 0.791. The van der Waals surface area contributed by atoms with E-state index in [4.69, 9.17) is 0 Å². The van der Waals surface area contributed by atoms with Crippen LogP contribution in [0.4, 0.5) is 8.78 Å². The van der Waals surface area contributed by atoms with Crippen molar-refractivity contribution in [3.8, 4) is 0 Å². The van der Waals surface area contributed by atoms with Crippen molar-refractivity contribution in [2.24, 2.45) is 0 Å². The summed E-state index contributed by atoms with van der Waals surface area (Å²) in [5, 5.41) is 4.57. The van der Waals surface area contributed by atoms with E-state index in [1.807, 2.05) is 5.32 Å². The second-order valence-corrected chi connectivity index (χ2v) is 1.73. The molecule has 0 unspecified atom stereocenters. The maximum atomic E-state index is 11.4. The number of hydrogen-bond donors (Lipinski definition) is 2. The number of hydrogen-bond acceptors (Lipinski definition) is 2. The number of halogens is 2. The Labute approximate surface area is 57.8 Å². The second-order valence-electron chi connectivity index (χ2n) is 1.73. The first-order valence-electron chi connectivity index (χ1n) is 2.86. The van der Waals surface area contributed by atoms with Crippen molar-refractivity contribution < 1.29 is 13.6 Å². The van der Waals surface area contributed by atoms with E-state index in [1.165, 1.54) is 0 Å².